The van der Waals surface area contributed by atoms with Crippen molar-refractivity contribution in [3.63, 3.8) is 0 Å². The van der Waals surface area contributed by atoms with E-state index in [0.717, 1.165) is 32.1 Å². The van der Waals surface area contributed by atoms with Crippen molar-refractivity contribution in [3.8, 4) is 0 Å². The maximum atomic E-state index is 13.1. The first kappa shape index (κ1) is 16.8. The van der Waals surface area contributed by atoms with E-state index in [0.29, 0.717) is 21.6 Å². The van der Waals surface area contributed by atoms with Crippen LogP contribution >= 0.6 is 11.6 Å². The van der Waals surface area contributed by atoms with Crippen LogP contribution < -0.4 is 5.73 Å². The zero-order valence-corrected chi connectivity index (χ0v) is 14.4. The van der Waals surface area contributed by atoms with E-state index >= 15 is 0 Å². The van der Waals surface area contributed by atoms with Gasteiger partial charge in [0, 0.05) is 16.3 Å². The highest BCUT2D eigenvalue weighted by Gasteiger charge is 2.31. The van der Waals surface area contributed by atoms with Crippen molar-refractivity contribution in [1.82, 2.24) is 4.57 Å². The quantitative estimate of drug-likeness (QED) is 0.819. The van der Waals surface area contributed by atoms with Gasteiger partial charge in [0.05, 0.1) is 17.8 Å². The van der Waals surface area contributed by atoms with E-state index in [1.807, 2.05) is 0 Å². The van der Waals surface area contributed by atoms with Crippen LogP contribution in [0.2, 0.25) is 5.02 Å². The normalized spacial score (nSPS) is 15.6. The Hall–Kier alpha value is -2.01. The van der Waals surface area contributed by atoms with Crippen LogP contribution in [0.15, 0.2) is 18.2 Å². The van der Waals surface area contributed by atoms with Crippen LogP contribution in [0.1, 0.15) is 49.5 Å². The first-order valence-corrected chi connectivity index (χ1v) is 8.73. The molecule has 3 rings (SSSR count). The summed E-state index contributed by atoms with van der Waals surface area (Å²) < 4.78 is 6.43. The molecule has 1 aliphatic carbocycles. The lowest BCUT2D eigenvalue weighted by atomic mass is 9.85. The Morgan fingerprint density at radius 3 is 2.67 bits per heavy atom. The Morgan fingerprint density at radius 2 is 2.00 bits per heavy atom. The molecule has 0 aliphatic heterocycles. The molecule has 0 atom stereocenters. The Morgan fingerprint density at radius 1 is 1.29 bits per heavy atom. The topological polar surface area (TPSA) is 74.3 Å². The summed E-state index contributed by atoms with van der Waals surface area (Å²) in [4.78, 5) is 25.5. The van der Waals surface area contributed by atoms with E-state index in [1.54, 1.807) is 25.1 Å². The molecule has 0 radical (unpaired) electrons. The molecule has 2 N–H and O–H groups in total. The van der Waals surface area contributed by atoms with Gasteiger partial charge in [-0.05, 0) is 38.0 Å². The lowest BCUT2D eigenvalue weighted by Crippen LogP contribution is -2.25. The number of rotatable bonds is 3. The second kappa shape index (κ2) is 6.85. The molecule has 5 nitrogen and oxygen atoms in total. The number of carbonyl (C=O) groups excluding carboxylic acids is 2. The van der Waals surface area contributed by atoms with Crippen molar-refractivity contribution >= 4 is 40.1 Å². The van der Waals surface area contributed by atoms with Crippen molar-refractivity contribution in [3.05, 3.63) is 28.9 Å². The number of anilines is 1. The van der Waals surface area contributed by atoms with Crippen LogP contribution in [0.5, 0.6) is 0 Å². The summed E-state index contributed by atoms with van der Waals surface area (Å²) >= 11 is 6.07. The summed E-state index contributed by atoms with van der Waals surface area (Å²) in [5.41, 5.74) is 7.31. The van der Waals surface area contributed by atoms with E-state index in [2.05, 4.69) is 0 Å². The number of ketones is 1. The largest absolute Gasteiger partial charge is 0.449 e. The van der Waals surface area contributed by atoms with Crippen LogP contribution in [0, 0.1) is 5.92 Å². The van der Waals surface area contributed by atoms with Gasteiger partial charge in [0.2, 0.25) is 0 Å². The number of halogens is 1. The van der Waals surface area contributed by atoms with Crippen LogP contribution in [0.4, 0.5) is 10.5 Å². The predicted octanol–water partition coefficient (Wildman–Crippen LogP) is 4.64. The van der Waals surface area contributed by atoms with Crippen LogP contribution in [-0.4, -0.2) is 23.1 Å². The van der Waals surface area contributed by atoms with E-state index in [-0.39, 0.29) is 24.0 Å². The number of hydrogen-bond donors (Lipinski definition) is 1. The molecule has 1 fully saturated rings. The number of nitrogens with two attached hydrogens (primary N) is 1. The number of Topliss-reactive ketones (excluding diaryl/α,β-unsaturated/α-hetero) is 1. The van der Waals surface area contributed by atoms with Crippen molar-refractivity contribution in [2.45, 2.75) is 39.0 Å². The fourth-order valence-electron chi connectivity index (χ4n) is 3.46. The standard InChI is InChI=1S/C18H21ClN2O3/c1-2-24-18(23)21-14-10-12(19)8-9-13(14)15(20)16(21)17(22)11-6-4-3-5-7-11/h8-11H,2-7,20H2,1H3. The first-order valence-electron chi connectivity index (χ1n) is 8.35. The molecule has 0 saturated heterocycles. The van der Waals surface area contributed by atoms with E-state index in [1.165, 1.54) is 4.57 Å². The van der Waals surface area contributed by atoms with Crippen molar-refractivity contribution < 1.29 is 14.3 Å². The SMILES string of the molecule is CCOC(=O)n1c(C(=O)C2CCCCC2)c(N)c2ccc(Cl)cc21. The van der Waals surface area contributed by atoms with Crippen LogP contribution in [0.25, 0.3) is 10.9 Å². The molecule has 1 heterocycles. The van der Waals surface area contributed by atoms with Gasteiger partial charge in [-0.25, -0.2) is 9.36 Å². The molecule has 1 aliphatic rings. The molecule has 1 aromatic carbocycles. The molecule has 0 unspecified atom stereocenters. The molecule has 0 amide bonds. The fraction of sp³-hybridized carbons (Fsp3) is 0.444. The summed E-state index contributed by atoms with van der Waals surface area (Å²) in [6.07, 6.45) is 4.28. The molecule has 0 spiro atoms. The minimum absolute atomic E-state index is 0.0763. The van der Waals surface area contributed by atoms with Crippen LogP contribution in [-0.2, 0) is 4.74 Å². The molecular formula is C18H21ClN2O3. The monoisotopic (exact) mass is 348 g/mol. The van der Waals surface area contributed by atoms with E-state index in [4.69, 9.17) is 22.1 Å². The second-order valence-electron chi connectivity index (χ2n) is 6.16. The number of carbonyl (C=O) groups is 2. The fourth-order valence-corrected chi connectivity index (χ4v) is 3.63. The number of aromatic nitrogens is 1. The summed E-state index contributed by atoms with van der Waals surface area (Å²) in [6, 6.07) is 5.08. The van der Waals surface area contributed by atoms with Gasteiger partial charge in [-0.3, -0.25) is 4.79 Å². The van der Waals surface area contributed by atoms with Gasteiger partial charge in [-0.15, -0.1) is 0 Å². The molecule has 1 saturated carbocycles. The Kier molecular flexibility index (Phi) is 4.81. The highest BCUT2D eigenvalue weighted by Crippen LogP contribution is 2.35. The molecule has 0 bridgehead atoms. The maximum Gasteiger partial charge on any atom is 0.419 e. The minimum Gasteiger partial charge on any atom is -0.449 e. The first-order chi connectivity index (χ1) is 11.5. The molecule has 6 heteroatoms. The highest BCUT2D eigenvalue weighted by molar-refractivity contribution is 6.31. The smallest absolute Gasteiger partial charge is 0.419 e. The minimum atomic E-state index is -0.597. The highest BCUT2D eigenvalue weighted by atomic mass is 35.5. The van der Waals surface area contributed by atoms with Crippen molar-refractivity contribution in [2.75, 3.05) is 12.3 Å². The van der Waals surface area contributed by atoms with E-state index in [9.17, 15) is 9.59 Å². The van der Waals surface area contributed by atoms with Crippen molar-refractivity contribution in [2.24, 2.45) is 5.92 Å². The third kappa shape index (κ3) is 2.88. The average molecular weight is 349 g/mol. The lowest BCUT2D eigenvalue weighted by molar-refractivity contribution is 0.0877. The molecule has 1 aromatic heterocycles. The number of benzene rings is 1. The van der Waals surface area contributed by atoms with Gasteiger partial charge in [0.15, 0.2) is 5.78 Å². The van der Waals surface area contributed by atoms with E-state index < -0.39 is 6.09 Å². The van der Waals surface area contributed by atoms with Gasteiger partial charge >= 0.3 is 6.09 Å². The molecular weight excluding hydrogens is 328 g/mol. The second-order valence-corrected chi connectivity index (χ2v) is 6.59. The molecule has 24 heavy (non-hydrogen) atoms. The number of hydrogen-bond acceptors (Lipinski definition) is 4. The molecule has 128 valence electrons. The predicted molar refractivity (Wildman–Crippen MR) is 94.7 cm³/mol. The maximum absolute atomic E-state index is 13.1. The van der Waals surface area contributed by atoms with Gasteiger partial charge in [-0.2, -0.15) is 0 Å². The Balaban J connectivity index is 2.17. The van der Waals surface area contributed by atoms with Crippen molar-refractivity contribution in [1.29, 1.82) is 0 Å². The van der Waals surface area contributed by atoms with Gasteiger partial charge in [0.25, 0.3) is 0 Å². The summed E-state index contributed by atoms with van der Waals surface area (Å²) in [5, 5.41) is 1.12. The third-order valence-corrected chi connectivity index (χ3v) is 4.86. The summed E-state index contributed by atoms with van der Waals surface area (Å²) in [7, 11) is 0. The lowest BCUT2D eigenvalue weighted by Gasteiger charge is -2.21. The van der Waals surface area contributed by atoms with Gasteiger partial charge < -0.3 is 10.5 Å². The Bertz CT molecular complexity index is 791. The molecule has 2 aromatic rings. The zero-order valence-electron chi connectivity index (χ0n) is 13.7. The zero-order chi connectivity index (χ0) is 17.3. The summed E-state index contributed by atoms with van der Waals surface area (Å²) in [6.45, 7) is 1.94. The Labute approximate surface area is 145 Å². The summed E-state index contributed by atoms with van der Waals surface area (Å²) in [5.74, 6) is -0.165. The average Bonchev–Trinajstić information content (AvgIpc) is 2.87. The number of nitrogen functional groups attached to an aromatic ring is 1. The van der Waals surface area contributed by atoms with Crippen LogP contribution in [0.3, 0.4) is 0 Å². The van der Waals surface area contributed by atoms with Gasteiger partial charge in [-0.1, -0.05) is 30.9 Å². The van der Waals surface area contributed by atoms with Gasteiger partial charge in [0.1, 0.15) is 5.69 Å². The third-order valence-electron chi connectivity index (χ3n) is 4.63. The number of ether oxygens (including phenoxy) is 1. The number of nitrogens with zero attached hydrogens (tertiary/aromatic N) is 1. The number of fused-ring (bicyclic) bond motifs is 1.